The maximum absolute atomic E-state index is 13.7. The molecular weight excluding hydrogens is 329 g/mol. The van der Waals surface area contributed by atoms with Gasteiger partial charge in [0.25, 0.3) is 0 Å². The van der Waals surface area contributed by atoms with E-state index in [-0.39, 0.29) is 10.8 Å². The first kappa shape index (κ1) is 12.9. The third-order valence-corrected chi connectivity index (χ3v) is 4.53. The van der Waals surface area contributed by atoms with Crippen LogP contribution in [0.4, 0.5) is 10.1 Å². The maximum Gasteiger partial charge on any atom is 0.156 e. The Morgan fingerprint density at radius 3 is 2.74 bits per heavy atom. The van der Waals surface area contributed by atoms with Crippen molar-refractivity contribution in [3.05, 3.63) is 62.8 Å². The summed E-state index contributed by atoms with van der Waals surface area (Å²) in [4.78, 5) is 2.24. The predicted octanol–water partition coefficient (Wildman–Crippen LogP) is 4.80. The summed E-state index contributed by atoms with van der Waals surface area (Å²) in [7, 11) is 0. The van der Waals surface area contributed by atoms with E-state index in [0.29, 0.717) is 4.47 Å². The van der Waals surface area contributed by atoms with Gasteiger partial charge in [-0.3, -0.25) is 0 Å². The average Bonchev–Trinajstić information content (AvgIpc) is 2.81. The molecule has 2 aromatic carbocycles. The minimum Gasteiger partial charge on any atom is -0.367 e. The zero-order chi connectivity index (χ0) is 13.4. The summed E-state index contributed by atoms with van der Waals surface area (Å²) < 4.78 is 14.2. The van der Waals surface area contributed by atoms with Gasteiger partial charge in [0.1, 0.15) is 0 Å². The van der Waals surface area contributed by atoms with E-state index in [9.17, 15) is 4.39 Å². The smallest absolute Gasteiger partial charge is 0.156 e. The molecule has 1 aliphatic rings. The molecule has 98 valence electrons. The largest absolute Gasteiger partial charge is 0.367 e. The lowest BCUT2D eigenvalue weighted by molar-refractivity contribution is 0.620. The van der Waals surface area contributed by atoms with Crippen molar-refractivity contribution in [2.24, 2.45) is 0 Å². The molecule has 1 nitrogen and oxygen atoms in total. The van der Waals surface area contributed by atoms with Gasteiger partial charge in [-0.15, -0.1) is 0 Å². The van der Waals surface area contributed by atoms with Crippen molar-refractivity contribution in [3.8, 4) is 0 Å². The van der Waals surface area contributed by atoms with Crippen molar-refractivity contribution in [1.82, 2.24) is 0 Å². The van der Waals surface area contributed by atoms with E-state index < -0.39 is 0 Å². The highest BCUT2D eigenvalue weighted by molar-refractivity contribution is 9.10. The molecule has 1 heterocycles. The normalized spacial score (nSPS) is 13.7. The minimum absolute atomic E-state index is 0.172. The van der Waals surface area contributed by atoms with E-state index in [1.807, 2.05) is 18.2 Å². The highest BCUT2D eigenvalue weighted by Gasteiger charge is 2.25. The SMILES string of the molecule is Fc1c(Cl)cc2c(c1Br)CCN2Cc1ccccc1. The number of anilines is 1. The van der Waals surface area contributed by atoms with Gasteiger partial charge in [0.2, 0.25) is 0 Å². The first-order valence-corrected chi connectivity index (χ1v) is 7.29. The maximum atomic E-state index is 13.7. The molecule has 0 N–H and O–H groups in total. The average molecular weight is 341 g/mol. The van der Waals surface area contributed by atoms with E-state index in [2.05, 4.69) is 33.0 Å². The van der Waals surface area contributed by atoms with Crippen LogP contribution in [0.5, 0.6) is 0 Å². The molecule has 0 saturated heterocycles. The van der Waals surface area contributed by atoms with Crippen LogP contribution in [0, 0.1) is 5.82 Å². The molecule has 0 fully saturated rings. The molecule has 2 aromatic rings. The summed E-state index contributed by atoms with van der Waals surface area (Å²) in [5, 5.41) is 0.172. The minimum atomic E-state index is -0.359. The number of benzene rings is 2. The number of halogens is 3. The van der Waals surface area contributed by atoms with Crippen molar-refractivity contribution >= 4 is 33.2 Å². The topological polar surface area (TPSA) is 3.24 Å². The van der Waals surface area contributed by atoms with Crippen molar-refractivity contribution in [2.75, 3.05) is 11.4 Å². The van der Waals surface area contributed by atoms with Gasteiger partial charge >= 0.3 is 0 Å². The van der Waals surface area contributed by atoms with Crippen molar-refractivity contribution in [3.63, 3.8) is 0 Å². The number of hydrogen-bond donors (Lipinski definition) is 0. The van der Waals surface area contributed by atoms with Crippen LogP contribution in [0.25, 0.3) is 0 Å². The van der Waals surface area contributed by atoms with Gasteiger partial charge in [-0.1, -0.05) is 41.9 Å². The highest BCUT2D eigenvalue weighted by atomic mass is 79.9. The molecule has 0 amide bonds. The Labute approximate surface area is 125 Å². The molecule has 4 heteroatoms. The standard InChI is InChI=1S/C15H12BrClFN/c16-14-11-6-7-19(9-10-4-2-1-3-5-10)13(11)8-12(17)15(14)18/h1-5,8H,6-7,9H2. The van der Waals surface area contributed by atoms with Gasteiger partial charge < -0.3 is 4.90 Å². The Morgan fingerprint density at radius 1 is 1.26 bits per heavy atom. The third kappa shape index (κ3) is 2.37. The van der Waals surface area contributed by atoms with Crippen LogP contribution in [-0.4, -0.2) is 6.54 Å². The Morgan fingerprint density at radius 2 is 2.00 bits per heavy atom. The molecule has 0 bridgehead atoms. The summed E-state index contributed by atoms with van der Waals surface area (Å²) in [5.41, 5.74) is 3.28. The quantitative estimate of drug-likeness (QED) is 0.710. The second-order valence-electron chi connectivity index (χ2n) is 4.64. The second-order valence-corrected chi connectivity index (χ2v) is 5.84. The summed E-state index contributed by atoms with van der Waals surface area (Å²) in [6, 6.07) is 12.0. The van der Waals surface area contributed by atoms with Crippen LogP contribution in [0.15, 0.2) is 40.9 Å². The molecule has 3 rings (SSSR count). The molecule has 0 saturated carbocycles. The number of rotatable bonds is 2. The van der Waals surface area contributed by atoms with E-state index in [4.69, 9.17) is 11.6 Å². The van der Waals surface area contributed by atoms with E-state index >= 15 is 0 Å². The van der Waals surface area contributed by atoms with Gasteiger partial charge in [0, 0.05) is 18.8 Å². The molecule has 0 atom stereocenters. The lowest BCUT2D eigenvalue weighted by Crippen LogP contribution is -2.19. The van der Waals surface area contributed by atoms with Crippen LogP contribution in [-0.2, 0) is 13.0 Å². The molecule has 0 aromatic heterocycles. The predicted molar refractivity (Wildman–Crippen MR) is 80.3 cm³/mol. The molecule has 0 aliphatic carbocycles. The lowest BCUT2D eigenvalue weighted by Gasteiger charge is -2.20. The van der Waals surface area contributed by atoms with Gasteiger partial charge in [-0.2, -0.15) is 0 Å². The van der Waals surface area contributed by atoms with Crippen molar-refractivity contribution in [2.45, 2.75) is 13.0 Å². The highest BCUT2D eigenvalue weighted by Crippen LogP contribution is 2.39. The van der Waals surface area contributed by atoms with Crippen LogP contribution in [0.1, 0.15) is 11.1 Å². The van der Waals surface area contributed by atoms with Gasteiger partial charge in [0.15, 0.2) is 5.82 Å². The fourth-order valence-corrected chi connectivity index (χ4v) is 3.40. The summed E-state index contributed by atoms with van der Waals surface area (Å²) >= 11 is 9.24. The van der Waals surface area contributed by atoms with Gasteiger partial charge in [-0.25, -0.2) is 4.39 Å². The Hall–Kier alpha value is -1.06. The molecule has 19 heavy (non-hydrogen) atoms. The molecule has 0 radical (unpaired) electrons. The number of hydrogen-bond acceptors (Lipinski definition) is 1. The van der Waals surface area contributed by atoms with E-state index in [1.54, 1.807) is 6.07 Å². The first-order valence-electron chi connectivity index (χ1n) is 6.12. The monoisotopic (exact) mass is 339 g/mol. The summed E-state index contributed by atoms with van der Waals surface area (Å²) in [6.07, 6.45) is 0.844. The Bertz CT molecular complexity index is 615. The molecule has 0 unspecified atom stereocenters. The van der Waals surface area contributed by atoms with Gasteiger partial charge in [0.05, 0.1) is 9.50 Å². The van der Waals surface area contributed by atoms with E-state index in [1.165, 1.54) is 5.56 Å². The van der Waals surface area contributed by atoms with Crippen LogP contribution in [0.2, 0.25) is 5.02 Å². The number of fused-ring (bicyclic) bond motifs is 1. The summed E-state index contributed by atoms with van der Waals surface area (Å²) in [5.74, 6) is -0.359. The van der Waals surface area contributed by atoms with Gasteiger partial charge in [-0.05, 0) is 39.5 Å². The lowest BCUT2D eigenvalue weighted by atomic mass is 10.1. The molecular formula is C15H12BrClFN. The Kier molecular flexibility index (Phi) is 3.50. The van der Waals surface area contributed by atoms with Crippen molar-refractivity contribution in [1.29, 1.82) is 0 Å². The summed E-state index contributed by atoms with van der Waals surface area (Å²) in [6.45, 7) is 1.71. The zero-order valence-electron chi connectivity index (χ0n) is 10.2. The second kappa shape index (κ2) is 5.14. The van der Waals surface area contributed by atoms with Crippen LogP contribution >= 0.6 is 27.5 Å². The number of nitrogens with zero attached hydrogens (tertiary/aromatic N) is 1. The zero-order valence-corrected chi connectivity index (χ0v) is 12.5. The van der Waals surface area contributed by atoms with E-state index in [0.717, 1.165) is 30.8 Å². The molecule has 0 spiro atoms. The third-order valence-electron chi connectivity index (χ3n) is 3.43. The fraction of sp³-hybridized carbons (Fsp3) is 0.200. The first-order chi connectivity index (χ1) is 9.16. The Balaban J connectivity index is 1.94. The molecule has 1 aliphatic heterocycles. The van der Waals surface area contributed by atoms with Crippen LogP contribution in [0.3, 0.4) is 0 Å². The van der Waals surface area contributed by atoms with Crippen LogP contribution < -0.4 is 4.90 Å². The fourth-order valence-electron chi connectivity index (χ4n) is 2.48. The van der Waals surface area contributed by atoms with Crippen molar-refractivity contribution < 1.29 is 4.39 Å².